The Kier molecular flexibility index (Phi) is 3.21. The fourth-order valence-electron chi connectivity index (χ4n) is 2.42. The summed E-state index contributed by atoms with van der Waals surface area (Å²) >= 11 is 0. The molecule has 22 heavy (non-hydrogen) atoms. The fraction of sp³-hybridized carbons (Fsp3) is 0.214. The number of benzene rings is 1. The lowest BCUT2D eigenvalue weighted by Gasteiger charge is -2.06. The molecule has 0 spiro atoms. The van der Waals surface area contributed by atoms with Crippen LogP contribution in [0.4, 0.5) is 5.69 Å². The van der Waals surface area contributed by atoms with Gasteiger partial charge in [0.05, 0.1) is 29.1 Å². The quantitative estimate of drug-likeness (QED) is 0.474. The predicted octanol–water partition coefficient (Wildman–Crippen LogP) is 1.60. The van der Waals surface area contributed by atoms with E-state index in [1.54, 1.807) is 23.7 Å². The second-order valence-corrected chi connectivity index (χ2v) is 4.87. The number of ether oxygens (including phenoxy) is 1. The Bertz CT molecular complexity index is 822. The molecule has 112 valence electrons. The summed E-state index contributed by atoms with van der Waals surface area (Å²) in [5, 5.41) is 19.0. The van der Waals surface area contributed by atoms with E-state index in [-0.39, 0.29) is 5.69 Å². The van der Waals surface area contributed by atoms with Crippen molar-refractivity contribution in [2.45, 2.75) is 13.3 Å². The average molecular weight is 300 g/mol. The number of carbonyl (C=O) groups excluding carboxylic acids is 1. The normalized spacial score (nSPS) is 12.7. The second-order valence-electron chi connectivity index (χ2n) is 4.87. The summed E-state index contributed by atoms with van der Waals surface area (Å²) in [7, 11) is 1.30. The largest absolute Gasteiger partial charge is 0.466 e. The van der Waals surface area contributed by atoms with Gasteiger partial charge < -0.3 is 4.74 Å². The Morgan fingerprint density at radius 2 is 2.23 bits per heavy atom. The Labute approximate surface area is 125 Å². The topological polar surface area (TPSA) is 100 Å². The first-order valence-corrected chi connectivity index (χ1v) is 6.50. The van der Waals surface area contributed by atoms with Crippen molar-refractivity contribution in [3.8, 4) is 5.69 Å². The maximum Gasteiger partial charge on any atom is 0.334 e. The highest BCUT2D eigenvalue weighted by molar-refractivity contribution is 5.95. The molecular formula is C14H12N4O4. The Morgan fingerprint density at radius 3 is 2.91 bits per heavy atom. The summed E-state index contributed by atoms with van der Waals surface area (Å²) in [6, 6.07) is 4.41. The number of nitro groups is 1. The van der Waals surface area contributed by atoms with Crippen LogP contribution in [0, 0.1) is 17.0 Å². The molecule has 0 unspecified atom stereocenters. The van der Waals surface area contributed by atoms with Crippen molar-refractivity contribution in [2.24, 2.45) is 0 Å². The van der Waals surface area contributed by atoms with Gasteiger partial charge in [-0.25, -0.2) is 9.48 Å². The summed E-state index contributed by atoms with van der Waals surface area (Å²) in [6.45, 7) is 1.80. The Hall–Kier alpha value is -3.03. The summed E-state index contributed by atoms with van der Waals surface area (Å²) < 4.78 is 6.38. The number of methoxy groups -OCH3 is 1. The fourth-order valence-corrected chi connectivity index (χ4v) is 2.42. The van der Waals surface area contributed by atoms with Gasteiger partial charge in [0.15, 0.2) is 0 Å². The van der Waals surface area contributed by atoms with E-state index in [4.69, 9.17) is 4.74 Å². The van der Waals surface area contributed by atoms with E-state index in [9.17, 15) is 14.9 Å². The number of nitrogens with zero attached hydrogens (tertiary/aromatic N) is 4. The highest BCUT2D eigenvalue weighted by Crippen LogP contribution is 2.29. The van der Waals surface area contributed by atoms with Crippen molar-refractivity contribution >= 4 is 17.7 Å². The molecule has 0 radical (unpaired) electrons. The van der Waals surface area contributed by atoms with Crippen LogP contribution in [0.1, 0.15) is 17.0 Å². The zero-order chi connectivity index (χ0) is 15.9. The van der Waals surface area contributed by atoms with Crippen LogP contribution in [0.15, 0.2) is 23.8 Å². The number of aryl methyl sites for hydroxylation is 1. The van der Waals surface area contributed by atoms with Crippen LogP contribution >= 0.6 is 0 Å². The van der Waals surface area contributed by atoms with E-state index in [1.807, 2.05) is 0 Å². The molecule has 2 heterocycles. The van der Waals surface area contributed by atoms with Crippen molar-refractivity contribution < 1.29 is 14.5 Å². The number of esters is 1. The van der Waals surface area contributed by atoms with Gasteiger partial charge in [-0.2, -0.15) is 0 Å². The van der Waals surface area contributed by atoms with Gasteiger partial charge in [-0.15, -0.1) is 5.10 Å². The molecule has 0 saturated carbocycles. The number of rotatable bonds is 2. The lowest BCUT2D eigenvalue weighted by Crippen LogP contribution is -2.09. The van der Waals surface area contributed by atoms with Crippen molar-refractivity contribution in [1.82, 2.24) is 15.0 Å². The first-order valence-electron chi connectivity index (χ1n) is 6.50. The van der Waals surface area contributed by atoms with E-state index >= 15 is 0 Å². The Balaban J connectivity index is 2.26. The standard InChI is InChI=1S/C14H12N4O4/c1-8-13-7-10(14(19)22-2)5-9-6-11(18(20)21)3-4-12(9)17(13)16-15-8/h3-6H,7H2,1-2H3. The molecule has 1 aromatic heterocycles. The molecule has 0 bridgehead atoms. The van der Waals surface area contributed by atoms with Crippen LogP contribution in [0.3, 0.4) is 0 Å². The zero-order valence-corrected chi connectivity index (χ0v) is 11.9. The third-order valence-electron chi connectivity index (χ3n) is 3.54. The molecule has 1 aliphatic heterocycles. The van der Waals surface area contributed by atoms with Gasteiger partial charge in [0, 0.05) is 29.7 Å². The monoisotopic (exact) mass is 300 g/mol. The average Bonchev–Trinajstić information content (AvgIpc) is 2.78. The summed E-state index contributed by atoms with van der Waals surface area (Å²) in [5.74, 6) is -0.480. The molecule has 8 nitrogen and oxygen atoms in total. The van der Waals surface area contributed by atoms with Crippen LogP contribution in [0.5, 0.6) is 0 Å². The molecule has 0 N–H and O–H groups in total. The summed E-state index contributed by atoms with van der Waals surface area (Å²) in [6.07, 6.45) is 1.90. The molecule has 0 atom stereocenters. The molecular weight excluding hydrogens is 288 g/mol. The molecule has 2 aromatic rings. The number of hydrogen-bond acceptors (Lipinski definition) is 6. The van der Waals surface area contributed by atoms with E-state index in [2.05, 4.69) is 10.3 Å². The number of carbonyl (C=O) groups is 1. The van der Waals surface area contributed by atoms with E-state index in [0.717, 1.165) is 5.69 Å². The van der Waals surface area contributed by atoms with Crippen molar-refractivity contribution in [2.75, 3.05) is 7.11 Å². The molecule has 3 rings (SSSR count). The highest BCUT2D eigenvalue weighted by Gasteiger charge is 2.24. The van der Waals surface area contributed by atoms with E-state index in [0.29, 0.717) is 28.9 Å². The number of nitro benzene ring substituents is 1. The van der Waals surface area contributed by atoms with Crippen LogP contribution in [-0.2, 0) is 16.0 Å². The first-order chi connectivity index (χ1) is 10.5. The molecule has 1 aliphatic rings. The van der Waals surface area contributed by atoms with Gasteiger partial charge in [-0.3, -0.25) is 10.1 Å². The SMILES string of the molecule is COC(=O)C1=Cc2cc([N+](=O)[O-])ccc2-n2nnc(C)c2C1. The second kappa shape index (κ2) is 5.06. The minimum Gasteiger partial charge on any atom is -0.466 e. The molecule has 8 heteroatoms. The van der Waals surface area contributed by atoms with E-state index in [1.165, 1.54) is 19.2 Å². The van der Waals surface area contributed by atoms with Gasteiger partial charge in [0.25, 0.3) is 5.69 Å². The molecule has 0 aliphatic carbocycles. The zero-order valence-electron chi connectivity index (χ0n) is 11.9. The minimum absolute atomic E-state index is 0.0560. The van der Waals surface area contributed by atoms with Gasteiger partial charge in [-0.1, -0.05) is 5.21 Å². The highest BCUT2D eigenvalue weighted by atomic mass is 16.6. The maximum absolute atomic E-state index is 11.9. The van der Waals surface area contributed by atoms with Gasteiger partial charge in [0.1, 0.15) is 0 Å². The number of aromatic nitrogens is 3. The van der Waals surface area contributed by atoms with Gasteiger partial charge in [0.2, 0.25) is 0 Å². The van der Waals surface area contributed by atoms with Gasteiger partial charge in [-0.05, 0) is 19.1 Å². The first kappa shape index (κ1) is 13.9. The van der Waals surface area contributed by atoms with Crippen molar-refractivity contribution in [3.05, 3.63) is 50.8 Å². The third-order valence-corrected chi connectivity index (χ3v) is 3.54. The molecule has 0 saturated heterocycles. The van der Waals surface area contributed by atoms with Gasteiger partial charge >= 0.3 is 5.97 Å². The number of fused-ring (bicyclic) bond motifs is 3. The lowest BCUT2D eigenvalue weighted by molar-refractivity contribution is -0.384. The van der Waals surface area contributed by atoms with Crippen LogP contribution in [0.25, 0.3) is 11.8 Å². The third kappa shape index (κ3) is 2.14. The lowest BCUT2D eigenvalue weighted by atomic mass is 10.1. The number of hydrogen-bond donors (Lipinski definition) is 0. The molecule has 1 aromatic carbocycles. The molecule has 0 fully saturated rings. The van der Waals surface area contributed by atoms with Crippen molar-refractivity contribution in [3.63, 3.8) is 0 Å². The molecule has 0 amide bonds. The maximum atomic E-state index is 11.9. The Morgan fingerprint density at radius 1 is 1.45 bits per heavy atom. The summed E-state index contributed by atoms with van der Waals surface area (Å²) in [5.41, 5.74) is 2.96. The smallest absolute Gasteiger partial charge is 0.334 e. The van der Waals surface area contributed by atoms with E-state index < -0.39 is 10.9 Å². The van der Waals surface area contributed by atoms with Crippen LogP contribution < -0.4 is 0 Å². The predicted molar refractivity (Wildman–Crippen MR) is 76.4 cm³/mol. The number of non-ortho nitro benzene ring substituents is 1. The summed E-state index contributed by atoms with van der Waals surface area (Å²) in [4.78, 5) is 22.4. The van der Waals surface area contributed by atoms with Crippen LogP contribution in [-0.4, -0.2) is 33.0 Å². The minimum atomic E-state index is -0.482. The van der Waals surface area contributed by atoms with Crippen molar-refractivity contribution in [1.29, 1.82) is 0 Å². The van der Waals surface area contributed by atoms with Crippen LogP contribution in [0.2, 0.25) is 0 Å².